The maximum Gasteiger partial charge on any atom is 0.416 e. The van der Waals surface area contributed by atoms with Gasteiger partial charge in [-0.25, -0.2) is 4.39 Å². The molecule has 0 amide bonds. The quantitative estimate of drug-likeness (QED) is 0.570. The Morgan fingerprint density at radius 2 is 1.81 bits per heavy atom. The molecule has 3 heterocycles. The van der Waals surface area contributed by atoms with Crippen LogP contribution < -0.4 is 10.6 Å². The maximum absolute atomic E-state index is 13.6. The van der Waals surface area contributed by atoms with Crippen molar-refractivity contribution < 1.29 is 17.6 Å². The van der Waals surface area contributed by atoms with Gasteiger partial charge in [-0.3, -0.25) is 14.7 Å². The van der Waals surface area contributed by atoms with Gasteiger partial charge in [0.2, 0.25) is 0 Å². The van der Waals surface area contributed by atoms with Crippen LogP contribution in [0.2, 0.25) is 0 Å². The first-order valence-electron chi connectivity index (χ1n) is 10.4. The Kier molecular flexibility index (Phi) is 5.52. The molecule has 4 rings (SSSR count). The van der Waals surface area contributed by atoms with Crippen molar-refractivity contribution >= 4 is 11.0 Å². The van der Waals surface area contributed by atoms with Gasteiger partial charge in [0, 0.05) is 31.7 Å². The Balaban J connectivity index is 1.61. The second-order valence-electron chi connectivity index (χ2n) is 8.47. The Morgan fingerprint density at radius 1 is 1.09 bits per heavy atom. The summed E-state index contributed by atoms with van der Waals surface area (Å²) in [5, 5.41) is 6.62. The molecule has 10 heteroatoms. The summed E-state index contributed by atoms with van der Waals surface area (Å²) in [5.74, 6) is -0.903. The lowest BCUT2D eigenvalue weighted by molar-refractivity contribution is -0.139. The summed E-state index contributed by atoms with van der Waals surface area (Å²) in [4.78, 5) is 15.6. The number of rotatable bonds is 3. The number of benzene rings is 1. The summed E-state index contributed by atoms with van der Waals surface area (Å²) in [6.07, 6.45) is -2.84. The molecule has 2 aromatic heterocycles. The summed E-state index contributed by atoms with van der Waals surface area (Å²) in [5.41, 5.74) is 0.382. The van der Waals surface area contributed by atoms with E-state index in [1.807, 2.05) is 23.8 Å². The average molecular weight is 451 g/mol. The van der Waals surface area contributed by atoms with E-state index in [2.05, 4.69) is 5.10 Å². The molecule has 1 unspecified atom stereocenters. The van der Waals surface area contributed by atoms with Gasteiger partial charge in [0.25, 0.3) is 5.56 Å². The Labute approximate surface area is 182 Å². The number of fused-ring (bicyclic) bond motifs is 1. The molecule has 3 aromatic rings. The lowest BCUT2D eigenvalue weighted by Crippen LogP contribution is -2.60. The minimum Gasteiger partial charge on any atom is -0.308 e. The molecule has 0 spiro atoms. The normalized spacial score (nSPS) is 21.3. The predicted molar refractivity (Wildman–Crippen MR) is 114 cm³/mol. The molecular weight excluding hydrogens is 426 g/mol. The van der Waals surface area contributed by atoms with Crippen LogP contribution in [-0.2, 0) is 13.2 Å². The number of aromatic nitrogens is 3. The molecule has 0 saturated carbocycles. The number of nitrogens with zero attached hydrogens (tertiary/aromatic N) is 5. The summed E-state index contributed by atoms with van der Waals surface area (Å²) < 4.78 is 55.7. The van der Waals surface area contributed by atoms with Gasteiger partial charge < -0.3 is 4.57 Å². The van der Waals surface area contributed by atoms with E-state index < -0.39 is 23.6 Å². The van der Waals surface area contributed by atoms with Crippen molar-refractivity contribution in [1.82, 2.24) is 19.4 Å². The Morgan fingerprint density at radius 3 is 2.50 bits per heavy atom. The van der Waals surface area contributed by atoms with Crippen LogP contribution in [0.15, 0.2) is 41.3 Å². The topological polar surface area (TPSA) is 46.3 Å². The molecule has 32 heavy (non-hydrogen) atoms. The summed E-state index contributed by atoms with van der Waals surface area (Å²) in [6, 6.07) is 5.30. The van der Waals surface area contributed by atoms with Crippen LogP contribution in [0.5, 0.6) is 0 Å². The summed E-state index contributed by atoms with van der Waals surface area (Å²) in [7, 11) is 1.68. The van der Waals surface area contributed by atoms with Gasteiger partial charge >= 0.3 is 6.18 Å². The fourth-order valence-electron chi connectivity index (χ4n) is 4.53. The third-order valence-electron chi connectivity index (χ3n) is 6.32. The second-order valence-corrected chi connectivity index (χ2v) is 8.47. The van der Waals surface area contributed by atoms with E-state index in [0.717, 1.165) is 6.07 Å². The van der Waals surface area contributed by atoms with Gasteiger partial charge in [0.15, 0.2) is 0 Å². The minimum atomic E-state index is -4.63. The van der Waals surface area contributed by atoms with Crippen molar-refractivity contribution in [2.24, 2.45) is 7.05 Å². The van der Waals surface area contributed by atoms with Crippen LogP contribution in [0.3, 0.4) is 0 Å². The number of alkyl halides is 3. The third-order valence-corrected chi connectivity index (χ3v) is 6.32. The van der Waals surface area contributed by atoms with Gasteiger partial charge in [-0.15, -0.1) is 0 Å². The number of hydrogen-bond donors (Lipinski definition) is 0. The number of hydrogen-bond acceptors (Lipinski definition) is 4. The molecular formula is C22H25F4N5O. The van der Waals surface area contributed by atoms with Crippen LogP contribution in [-0.4, -0.2) is 44.5 Å². The molecule has 1 aliphatic heterocycles. The van der Waals surface area contributed by atoms with Crippen LogP contribution in [0.4, 0.5) is 17.6 Å². The molecule has 3 atom stereocenters. The van der Waals surface area contributed by atoms with E-state index in [9.17, 15) is 22.4 Å². The maximum atomic E-state index is 13.6. The van der Waals surface area contributed by atoms with Gasteiger partial charge in [-0.2, -0.15) is 23.1 Å². The van der Waals surface area contributed by atoms with Crippen LogP contribution in [0.1, 0.15) is 37.9 Å². The van der Waals surface area contributed by atoms with Crippen molar-refractivity contribution in [3.05, 3.63) is 63.8 Å². The lowest BCUT2D eigenvalue weighted by Gasteiger charge is -2.47. The van der Waals surface area contributed by atoms with E-state index in [-0.39, 0.29) is 23.2 Å². The SMILES string of the molecule is CC(c1ccc(F)cc1C(F)(F)F)N1C[C@H](C)N(n2cc3c(ccc(=O)n3C)n2)C[C@H]1C. The highest BCUT2D eigenvalue weighted by atomic mass is 19.4. The molecule has 1 fully saturated rings. The van der Waals surface area contributed by atoms with Crippen LogP contribution >= 0.6 is 0 Å². The van der Waals surface area contributed by atoms with Gasteiger partial charge in [-0.05, 0) is 44.5 Å². The largest absolute Gasteiger partial charge is 0.416 e. The molecule has 0 bridgehead atoms. The molecule has 0 radical (unpaired) electrons. The van der Waals surface area contributed by atoms with E-state index in [1.54, 1.807) is 31.0 Å². The molecule has 1 aromatic carbocycles. The third kappa shape index (κ3) is 3.87. The van der Waals surface area contributed by atoms with E-state index in [4.69, 9.17) is 0 Å². The number of piperazine rings is 1. The van der Waals surface area contributed by atoms with Crippen molar-refractivity contribution in [3.63, 3.8) is 0 Å². The first-order valence-corrected chi connectivity index (χ1v) is 10.4. The van der Waals surface area contributed by atoms with Gasteiger partial charge in [-0.1, -0.05) is 6.07 Å². The molecule has 6 nitrogen and oxygen atoms in total. The molecule has 1 aliphatic rings. The molecule has 0 N–H and O–H groups in total. The standard InChI is InChI=1S/C22H25F4N5O/c1-13-11-30(31-12-20-19(27-31)7-8-21(32)28(20)4)14(2)10-29(13)15(3)17-6-5-16(23)9-18(17)22(24,25)26/h5-9,12-15H,10-11H2,1-4H3/t13-,14+,15?/m1/s1. The fraction of sp³-hybridized carbons (Fsp3) is 0.455. The van der Waals surface area contributed by atoms with Gasteiger partial charge in [0.05, 0.1) is 29.9 Å². The van der Waals surface area contributed by atoms with Crippen molar-refractivity contribution in [3.8, 4) is 0 Å². The zero-order valence-corrected chi connectivity index (χ0v) is 18.3. The van der Waals surface area contributed by atoms with Crippen molar-refractivity contribution in [1.29, 1.82) is 0 Å². The zero-order chi connectivity index (χ0) is 23.4. The number of pyridine rings is 1. The second kappa shape index (κ2) is 7.91. The molecule has 1 saturated heterocycles. The highest BCUT2D eigenvalue weighted by Crippen LogP contribution is 2.38. The highest BCUT2D eigenvalue weighted by molar-refractivity contribution is 5.73. The first kappa shape index (κ1) is 22.3. The number of aryl methyl sites for hydroxylation is 1. The summed E-state index contributed by atoms with van der Waals surface area (Å²) >= 11 is 0. The van der Waals surface area contributed by atoms with Crippen LogP contribution in [0, 0.1) is 5.82 Å². The first-order chi connectivity index (χ1) is 15.0. The van der Waals surface area contributed by atoms with Crippen LogP contribution in [0.25, 0.3) is 11.0 Å². The minimum absolute atomic E-state index is 0.0604. The highest BCUT2D eigenvalue weighted by Gasteiger charge is 2.39. The average Bonchev–Trinajstić information content (AvgIpc) is 3.16. The fourth-order valence-corrected chi connectivity index (χ4v) is 4.53. The molecule has 172 valence electrons. The Bertz CT molecular complexity index is 1200. The van der Waals surface area contributed by atoms with E-state index in [1.165, 1.54) is 16.7 Å². The lowest BCUT2D eigenvalue weighted by atomic mass is 9.96. The van der Waals surface area contributed by atoms with E-state index >= 15 is 0 Å². The molecule has 0 aliphatic carbocycles. The number of halogens is 4. The predicted octanol–water partition coefficient (Wildman–Crippen LogP) is 3.68. The van der Waals surface area contributed by atoms with Crippen molar-refractivity contribution in [2.45, 2.75) is 45.1 Å². The van der Waals surface area contributed by atoms with E-state index in [0.29, 0.717) is 30.2 Å². The van der Waals surface area contributed by atoms with Gasteiger partial charge in [0.1, 0.15) is 11.3 Å². The summed E-state index contributed by atoms with van der Waals surface area (Å²) in [6.45, 7) is 6.67. The smallest absolute Gasteiger partial charge is 0.308 e. The zero-order valence-electron chi connectivity index (χ0n) is 18.3. The monoisotopic (exact) mass is 451 g/mol. The van der Waals surface area contributed by atoms with Crippen molar-refractivity contribution in [2.75, 3.05) is 18.1 Å². The Hall–Kier alpha value is -2.88.